The molecular weight excluding hydrogens is 154 g/mol. The van der Waals surface area contributed by atoms with Crippen LogP contribution in [0.25, 0.3) is 0 Å². The maximum absolute atomic E-state index is 10.5. The van der Waals surface area contributed by atoms with E-state index in [1.54, 1.807) is 36.4 Å². The van der Waals surface area contributed by atoms with Gasteiger partial charge in [0.05, 0.1) is 6.07 Å². The molecule has 0 aliphatic rings. The number of nitriles is 1. The van der Waals surface area contributed by atoms with E-state index in [1.165, 1.54) is 0 Å². The Morgan fingerprint density at radius 2 is 2.00 bits per heavy atom. The van der Waals surface area contributed by atoms with E-state index in [1.807, 2.05) is 0 Å². The van der Waals surface area contributed by atoms with Crippen molar-refractivity contribution in [2.24, 2.45) is 0 Å². The summed E-state index contributed by atoms with van der Waals surface area (Å²) in [7, 11) is 0. The van der Waals surface area contributed by atoms with Crippen LogP contribution in [0.5, 0.6) is 0 Å². The Morgan fingerprint density at radius 3 is 2.42 bits per heavy atom. The second-order valence-corrected chi connectivity index (χ2v) is 2.31. The van der Waals surface area contributed by atoms with E-state index < -0.39 is 11.9 Å². The van der Waals surface area contributed by atoms with Crippen LogP contribution in [0, 0.1) is 11.3 Å². The fourth-order valence-electron chi connectivity index (χ4n) is 0.918. The van der Waals surface area contributed by atoms with Crippen LogP contribution in [-0.4, -0.2) is 11.1 Å². The second kappa shape index (κ2) is 3.54. The number of hydrogen-bond donors (Lipinski definition) is 1. The molecule has 1 rings (SSSR count). The molecule has 1 aromatic carbocycles. The van der Waals surface area contributed by atoms with Crippen molar-refractivity contribution in [3.63, 3.8) is 0 Å². The standard InChI is InChI=1S/C9H7NO2/c10-6-8(9(11)12)7-4-2-1-3-5-7/h1-5,8H,(H,11,12). The van der Waals surface area contributed by atoms with Crippen molar-refractivity contribution in [2.75, 3.05) is 0 Å². The van der Waals surface area contributed by atoms with E-state index in [2.05, 4.69) is 0 Å². The minimum atomic E-state index is -1.11. The van der Waals surface area contributed by atoms with Crippen molar-refractivity contribution < 1.29 is 9.90 Å². The summed E-state index contributed by atoms with van der Waals surface area (Å²) in [6, 6.07) is 10.2. The minimum Gasteiger partial charge on any atom is -0.480 e. The Hall–Kier alpha value is -1.82. The topological polar surface area (TPSA) is 61.1 Å². The number of hydrogen-bond acceptors (Lipinski definition) is 2. The highest BCUT2D eigenvalue weighted by molar-refractivity contribution is 5.79. The molecule has 1 aromatic rings. The largest absolute Gasteiger partial charge is 0.480 e. The van der Waals surface area contributed by atoms with Gasteiger partial charge in [0.1, 0.15) is 0 Å². The van der Waals surface area contributed by atoms with Crippen molar-refractivity contribution in [1.29, 1.82) is 5.26 Å². The van der Waals surface area contributed by atoms with Crippen molar-refractivity contribution in [3.8, 4) is 6.07 Å². The molecule has 0 amide bonds. The molecule has 12 heavy (non-hydrogen) atoms. The molecular formula is C9H7NO2. The molecule has 0 aliphatic carbocycles. The molecule has 1 atom stereocenters. The first kappa shape index (κ1) is 8.28. The molecule has 0 heterocycles. The third-order valence-corrected chi connectivity index (χ3v) is 1.51. The van der Waals surface area contributed by atoms with Crippen molar-refractivity contribution in [2.45, 2.75) is 5.92 Å². The average molecular weight is 161 g/mol. The maximum Gasteiger partial charge on any atom is 0.325 e. The van der Waals surface area contributed by atoms with E-state index in [0.717, 1.165) is 0 Å². The van der Waals surface area contributed by atoms with Crippen molar-refractivity contribution in [1.82, 2.24) is 0 Å². The van der Waals surface area contributed by atoms with Gasteiger partial charge < -0.3 is 5.11 Å². The van der Waals surface area contributed by atoms with Crippen LogP contribution in [0.15, 0.2) is 30.3 Å². The summed E-state index contributed by atoms with van der Waals surface area (Å²) in [5, 5.41) is 17.1. The molecule has 0 bridgehead atoms. The monoisotopic (exact) mass is 161 g/mol. The molecule has 0 fully saturated rings. The number of carboxylic acid groups (broad SMARTS) is 1. The van der Waals surface area contributed by atoms with Crippen LogP contribution in [0.3, 0.4) is 0 Å². The Bertz CT molecular complexity index is 313. The van der Waals surface area contributed by atoms with Gasteiger partial charge in [-0.05, 0) is 5.56 Å². The van der Waals surface area contributed by atoms with E-state index in [4.69, 9.17) is 10.4 Å². The zero-order valence-corrected chi connectivity index (χ0v) is 6.27. The Balaban J connectivity index is 2.98. The molecule has 1 N–H and O–H groups in total. The van der Waals surface area contributed by atoms with Gasteiger partial charge in [-0.2, -0.15) is 5.26 Å². The fraction of sp³-hybridized carbons (Fsp3) is 0.111. The number of aliphatic carboxylic acids is 1. The Labute approximate surface area is 69.9 Å². The lowest BCUT2D eigenvalue weighted by Crippen LogP contribution is -2.08. The summed E-state index contributed by atoms with van der Waals surface area (Å²) >= 11 is 0. The molecule has 0 saturated heterocycles. The highest BCUT2D eigenvalue weighted by atomic mass is 16.4. The predicted molar refractivity (Wildman–Crippen MR) is 42.4 cm³/mol. The van der Waals surface area contributed by atoms with E-state index in [0.29, 0.717) is 5.56 Å². The van der Waals surface area contributed by atoms with Gasteiger partial charge in [-0.1, -0.05) is 30.3 Å². The van der Waals surface area contributed by atoms with Crippen LogP contribution in [0.1, 0.15) is 11.5 Å². The highest BCUT2D eigenvalue weighted by Crippen LogP contribution is 2.13. The summed E-state index contributed by atoms with van der Waals surface area (Å²) < 4.78 is 0. The van der Waals surface area contributed by atoms with E-state index in [9.17, 15) is 4.79 Å². The van der Waals surface area contributed by atoms with Gasteiger partial charge in [-0.15, -0.1) is 0 Å². The molecule has 3 heteroatoms. The van der Waals surface area contributed by atoms with E-state index >= 15 is 0 Å². The SMILES string of the molecule is N#CC(C(=O)O)c1ccccc1. The summed E-state index contributed by atoms with van der Waals surface area (Å²) in [5.74, 6) is -2.16. The molecule has 60 valence electrons. The summed E-state index contributed by atoms with van der Waals surface area (Å²) in [6.45, 7) is 0. The van der Waals surface area contributed by atoms with Crippen molar-refractivity contribution in [3.05, 3.63) is 35.9 Å². The van der Waals surface area contributed by atoms with Gasteiger partial charge in [-0.3, -0.25) is 4.79 Å². The van der Waals surface area contributed by atoms with Gasteiger partial charge in [0, 0.05) is 0 Å². The number of carboxylic acids is 1. The summed E-state index contributed by atoms with van der Waals surface area (Å²) in [6.07, 6.45) is 0. The van der Waals surface area contributed by atoms with Gasteiger partial charge in [0.25, 0.3) is 0 Å². The maximum atomic E-state index is 10.5. The average Bonchev–Trinajstić information content (AvgIpc) is 2.07. The quantitative estimate of drug-likeness (QED) is 0.712. The summed E-state index contributed by atoms with van der Waals surface area (Å²) in [5.41, 5.74) is 0.521. The first-order chi connectivity index (χ1) is 5.75. The molecule has 1 unspecified atom stereocenters. The third kappa shape index (κ3) is 1.61. The first-order valence-corrected chi connectivity index (χ1v) is 3.43. The highest BCUT2D eigenvalue weighted by Gasteiger charge is 2.17. The van der Waals surface area contributed by atoms with Crippen LogP contribution >= 0.6 is 0 Å². The Kier molecular flexibility index (Phi) is 2.44. The molecule has 0 aliphatic heterocycles. The molecule has 0 radical (unpaired) electrons. The second-order valence-electron chi connectivity index (χ2n) is 2.31. The van der Waals surface area contributed by atoms with Gasteiger partial charge in [0.15, 0.2) is 5.92 Å². The van der Waals surface area contributed by atoms with E-state index in [-0.39, 0.29) is 0 Å². The van der Waals surface area contributed by atoms with Crippen LogP contribution < -0.4 is 0 Å². The normalized spacial score (nSPS) is 11.6. The van der Waals surface area contributed by atoms with Gasteiger partial charge in [-0.25, -0.2) is 0 Å². The van der Waals surface area contributed by atoms with Crippen LogP contribution in [0.4, 0.5) is 0 Å². The Morgan fingerprint density at radius 1 is 1.42 bits per heavy atom. The summed E-state index contributed by atoms with van der Waals surface area (Å²) in [4.78, 5) is 10.5. The lowest BCUT2D eigenvalue weighted by atomic mass is 10.0. The predicted octanol–water partition coefficient (Wildman–Crippen LogP) is 1.38. The lowest BCUT2D eigenvalue weighted by molar-refractivity contribution is -0.137. The number of rotatable bonds is 2. The van der Waals surface area contributed by atoms with Gasteiger partial charge in [0.2, 0.25) is 0 Å². The van der Waals surface area contributed by atoms with Crippen LogP contribution in [-0.2, 0) is 4.79 Å². The molecule has 3 nitrogen and oxygen atoms in total. The fourth-order valence-corrected chi connectivity index (χ4v) is 0.918. The smallest absolute Gasteiger partial charge is 0.325 e. The zero-order chi connectivity index (χ0) is 8.97. The lowest BCUT2D eigenvalue weighted by Gasteiger charge is -2.01. The molecule has 0 spiro atoms. The minimum absolute atomic E-state index is 0.521. The molecule has 0 aromatic heterocycles. The number of nitrogens with zero attached hydrogens (tertiary/aromatic N) is 1. The van der Waals surface area contributed by atoms with Gasteiger partial charge >= 0.3 is 5.97 Å². The zero-order valence-electron chi connectivity index (χ0n) is 6.27. The number of carbonyl (C=O) groups is 1. The van der Waals surface area contributed by atoms with Crippen molar-refractivity contribution >= 4 is 5.97 Å². The molecule has 0 saturated carbocycles. The number of benzene rings is 1. The first-order valence-electron chi connectivity index (χ1n) is 3.43. The third-order valence-electron chi connectivity index (χ3n) is 1.51. The van der Waals surface area contributed by atoms with Crippen LogP contribution in [0.2, 0.25) is 0 Å².